The third kappa shape index (κ3) is 5.00. The first-order valence-corrected chi connectivity index (χ1v) is 8.13. The van der Waals surface area contributed by atoms with Crippen LogP contribution in [-0.2, 0) is 11.2 Å². The van der Waals surface area contributed by atoms with Crippen LogP contribution in [0.3, 0.4) is 0 Å². The van der Waals surface area contributed by atoms with E-state index in [-0.39, 0.29) is 12.1 Å². The quantitative estimate of drug-likeness (QED) is 0.823. The third-order valence-corrected chi connectivity index (χ3v) is 4.10. The average Bonchev–Trinajstić information content (AvgIpc) is 2.68. The first-order chi connectivity index (χ1) is 9.94. The Morgan fingerprint density at radius 1 is 1.43 bits per heavy atom. The van der Waals surface area contributed by atoms with E-state index in [1.54, 1.807) is 0 Å². The zero-order valence-corrected chi connectivity index (χ0v) is 14.0. The topological polar surface area (TPSA) is 58.6 Å². The molecule has 1 saturated heterocycles. The fourth-order valence-electron chi connectivity index (χ4n) is 2.72. The van der Waals surface area contributed by atoms with Crippen molar-refractivity contribution < 1.29 is 14.6 Å². The molecule has 2 N–H and O–H groups in total. The normalized spacial score (nSPS) is 23.0. The van der Waals surface area contributed by atoms with Gasteiger partial charge in [0.05, 0.1) is 12.1 Å². The summed E-state index contributed by atoms with van der Waals surface area (Å²) in [7, 11) is 0. The van der Waals surface area contributed by atoms with Gasteiger partial charge in [-0.15, -0.1) is 0 Å². The molecule has 5 heteroatoms. The van der Waals surface area contributed by atoms with Gasteiger partial charge in [0.2, 0.25) is 0 Å². The minimum Gasteiger partial charge on any atom is -0.444 e. The predicted molar refractivity (Wildman–Crippen MR) is 85.1 cm³/mol. The molecule has 0 aromatic heterocycles. The summed E-state index contributed by atoms with van der Waals surface area (Å²) in [6.07, 6.45) is 0.798. The molecule has 0 radical (unpaired) electrons. The molecule has 1 aliphatic rings. The molecule has 1 aromatic carbocycles. The van der Waals surface area contributed by atoms with E-state index in [0.717, 1.165) is 16.5 Å². The van der Waals surface area contributed by atoms with Gasteiger partial charge in [-0.3, -0.25) is 0 Å². The smallest absolute Gasteiger partial charge is 0.407 e. The van der Waals surface area contributed by atoms with Crippen LogP contribution in [0.4, 0.5) is 4.79 Å². The monoisotopic (exact) mass is 355 g/mol. The van der Waals surface area contributed by atoms with Gasteiger partial charge >= 0.3 is 6.09 Å². The van der Waals surface area contributed by atoms with Crippen molar-refractivity contribution in [2.24, 2.45) is 5.92 Å². The van der Waals surface area contributed by atoms with Crippen LogP contribution in [0.2, 0.25) is 0 Å². The van der Waals surface area contributed by atoms with Crippen LogP contribution in [0, 0.1) is 5.92 Å². The van der Waals surface area contributed by atoms with E-state index in [0.29, 0.717) is 18.8 Å². The molecule has 1 fully saturated rings. The number of nitrogens with one attached hydrogen (secondary N) is 1. The number of carbonyl (C=O) groups is 1. The lowest BCUT2D eigenvalue weighted by atomic mass is 9.95. The van der Waals surface area contributed by atoms with E-state index in [1.165, 1.54) is 0 Å². The van der Waals surface area contributed by atoms with E-state index in [9.17, 15) is 9.90 Å². The molecule has 4 nitrogen and oxygen atoms in total. The van der Waals surface area contributed by atoms with Gasteiger partial charge < -0.3 is 15.2 Å². The van der Waals surface area contributed by atoms with Crippen molar-refractivity contribution in [2.75, 3.05) is 0 Å². The molecule has 0 spiro atoms. The molecule has 0 saturated carbocycles. The molecule has 116 valence electrons. The molecule has 2 rings (SSSR count). The number of hydrogen-bond donors (Lipinski definition) is 2. The van der Waals surface area contributed by atoms with Gasteiger partial charge in [-0.25, -0.2) is 4.79 Å². The number of amides is 1. The lowest BCUT2D eigenvalue weighted by molar-refractivity contribution is 0.0637. The summed E-state index contributed by atoms with van der Waals surface area (Å²) in [5, 5.41) is 12.9. The number of aliphatic hydroxyl groups excluding tert-OH is 1. The van der Waals surface area contributed by atoms with Crippen LogP contribution in [-0.4, -0.2) is 29.4 Å². The Kier molecular flexibility index (Phi) is 5.65. The van der Waals surface area contributed by atoms with E-state index in [1.807, 2.05) is 24.3 Å². The second kappa shape index (κ2) is 7.27. The number of rotatable bonds is 6. The fraction of sp³-hybridized carbons (Fsp3) is 0.562. The molecule has 1 amide bonds. The van der Waals surface area contributed by atoms with E-state index < -0.39 is 12.2 Å². The number of hydrogen-bond acceptors (Lipinski definition) is 3. The van der Waals surface area contributed by atoms with Crippen molar-refractivity contribution in [3.63, 3.8) is 0 Å². The average molecular weight is 356 g/mol. The minimum absolute atomic E-state index is 0.0892. The maximum atomic E-state index is 11.5. The van der Waals surface area contributed by atoms with E-state index in [4.69, 9.17) is 4.74 Å². The van der Waals surface area contributed by atoms with Crippen molar-refractivity contribution in [1.82, 2.24) is 5.32 Å². The van der Waals surface area contributed by atoms with Gasteiger partial charge in [0, 0.05) is 10.9 Å². The fourth-order valence-corrected chi connectivity index (χ4v) is 3.17. The molecule has 0 unspecified atom stereocenters. The molecule has 1 heterocycles. The number of benzene rings is 1. The van der Waals surface area contributed by atoms with Gasteiger partial charge in [-0.2, -0.15) is 0 Å². The van der Waals surface area contributed by atoms with Gasteiger partial charge in [-0.05, 0) is 36.5 Å². The number of halogens is 1. The third-order valence-electron chi connectivity index (χ3n) is 3.60. The molecule has 0 aliphatic carbocycles. The number of ether oxygens (including phenoxy) is 1. The number of cyclic esters (lactones) is 1. The first-order valence-electron chi connectivity index (χ1n) is 7.33. The first kappa shape index (κ1) is 16.3. The highest BCUT2D eigenvalue weighted by molar-refractivity contribution is 9.10. The second-order valence-corrected chi connectivity index (χ2v) is 6.96. The van der Waals surface area contributed by atoms with Gasteiger partial charge in [-0.1, -0.05) is 41.9 Å². The Morgan fingerprint density at radius 3 is 2.86 bits per heavy atom. The van der Waals surface area contributed by atoms with Crippen molar-refractivity contribution in [1.29, 1.82) is 0 Å². The summed E-state index contributed by atoms with van der Waals surface area (Å²) in [5.74, 6) is 0.425. The number of carbonyl (C=O) groups excluding carboxylic acids is 1. The molecular formula is C16H22BrNO3. The van der Waals surface area contributed by atoms with Gasteiger partial charge in [0.15, 0.2) is 0 Å². The summed E-state index contributed by atoms with van der Waals surface area (Å²) < 4.78 is 6.32. The standard InChI is InChI=1S/C16H22BrNO3/c1-10(2)6-13(19)9-15-14(18-16(20)21-15)8-11-4-3-5-12(17)7-11/h3-5,7,10,13-15,19H,6,8-9H2,1-2H3,(H,18,20)/t13-,14+,15-/m1/s1. The van der Waals surface area contributed by atoms with E-state index in [2.05, 4.69) is 35.1 Å². The molecule has 21 heavy (non-hydrogen) atoms. The number of aliphatic hydroxyl groups is 1. The van der Waals surface area contributed by atoms with Crippen LogP contribution in [0.1, 0.15) is 32.3 Å². The lowest BCUT2D eigenvalue weighted by Gasteiger charge is -2.21. The van der Waals surface area contributed by atoms with E-state index >= 15 is 0 Å². The highest BCUT2D eigenvalue weighted by Crippen LogP contribution is 2.22. The summed E-state index contributed by atoms with van der Waals surface area (Å²) in [5.41, 5.74) is 1.13. The Bertz CT molecular complexity index is 492. The maximum Gasteiger partial charge on any atom is 0.407 e. The van der Waals surface area contributed by atoms with Crippen LogP contribution in [0.15, 0.2) is 28.7 Å². The second-order valence-electron chi connectivity index (χ2n) is 6.05. The SMILES string of the molecule is CC(C)C[C@@H](O)C[C@H]1OC(=O)N[C@H]1Cc1cccc(Br)c1. The minimum atomic E-state index is -0.437. The van der Waals surface area contributed by atoms with Crippen LogP contribution in [0.25, 0.3) is 0 Å². The van der Waals surface area contributed by atoms with Crippen molar-refractivity contribution in [3.05, 3.63) is 34.3 Å². The highest BCUT2D eigenvalue weighted by Gasteiger charge is 2.35. The van der Waals surface area contributed by atoms with Crippen molar-refractivity contribution >= 4 is 22.0 Å². The maximum absolute atomic E-state index is 11.5. The van der Waals surface area contributed by atoms with Crippen LogP contribution >= 0.6 is 15.9 Å². The van der Waals surface area contributed by atoms with Crippen molar-refractivity contribution in [2.45, 2.75) is 51.4 Å². The summed E-state index contributed by atoms with van der Waals surface area (Å²) >= 11 is 3.45. The van der Waals surface area contributed by atoms with Gasteiger partial charge in [0.1, 0.15) is 6.10 Å². The zero-order chi connectivity index (χ0) is 15.4. The number of alkyl carbamates (subject to hydrolysis) is 1. The van der Waals surface area contributed by atoms with Gasteiger partial charge in [0.25, 0.3) is 0 Å². The Morgan fingerprint density at radius 2 is 2.19 bits per heavy atom. The highest BCUT2D eigenvalue weighted by atomic mass is 79.9. The molecular weight excluding hydrogens is 334 g/mol. The summed E-state index contributed by atoms with van der Waals surface area (Å²) in [6, 6.07) is 7.91. The van der Waals surface area contributed by atoms with Crippen LogP contribution in [0.5, 0.6) is 0 Å². The summed E-state index contributed by atoms with van der Waals surface area (Å²) in [4.78, 5) is 11.5. The lowest BCUT2D eigenvalue weighted by Crippen LogP contribution is -2.35. The molecule has 0 bridgehead atoms. The Labute approximate surface area is 134 Å². The molecule has 3 atom stereocenters. The molecule has 1 aliphatic heterocycles. The Hall–Kier alpha value is -1.07. The molecule has 1 aromatic rings. The van der Waals surface area contributed by atoms with Crippen LogP contribution < -0.4 is 5.32 Å². The largest absolute Gasteiger partial charge is 0.444 e. The predicted octanol–water partition coefficient (Wildman–Crippen LogP) is 3.27. The van der Waals surface area contributed by atoms with Crippen molar-refractivity contribution in [3.8, 4) is 0 Å². The zero-order valence-electron chi connectivity index (χ0n) is 12.4. The summed E-state index contributed by atoms with van der Waals surface area (Å²) in [6.45, 7) is 4.14. The Balaban J connectivity index is 1.98.